The zero-order chi connectivity index (χ0) is 6.69. The summed E-state index contributed by atoms with van der Waals surface area (Å²) < 4.78 is 1.15. The van der Waals surface area contributed by atoms with E-state index in [1.807, 2.05) is 0 Å². The highest BCUT2D eigenvalue weighted by molar-refractivity contribution is 9.28. The first kappa shape index (κ1) is 7.76. The van der Waals surface area contributed by atoms with Crippen molar-refractivity contribution in [2.75, 3.05) is 13.1 Å². The van der Waals surface area contributed by atoms with E-state index in [2.05, 4.69) is 37.2 Å². The molecule has 0 amide bonds. The summed E-state index contributed by atoms with van der Waals surface area (Å²) in [6.07, 6.45) is 2.34. The van der Waals surface area contributed by atoms with Gasteiger partial charge in [-0.25, -0.2) is 0 Å². The molecule has 0 bridgehead atoms. The van der Waals surface area contributed by atoms with E-state index in [9.17, 15) is 0 Å². The summed E-state index contributed by atoms with van der Waals surface area (Å²) in [5, 5.41) is 3.29. The van der Waals surface area contributed by atoms with Gasteiger partial charge in [-0.15, -0.1) is 0 Å². The molecule has 1 heterocycles. The van der Waals surface area contributed by atoms with E-state index in [0.29, 0.717) is 0 Å². The van der Waals surface area contributed by atoms with Crippen LogP contribution >= 0.6 is 31.9 Å². The van der Waals surface area contributed by atoms with Crippen LogP contribution in [0.5, 0.6) is 0 Å². The van der Waals surface area contributed by atoms with Crippen LogP contribution in [-0.4, -0.2) is 13.1 Å². The van der Waals surface area contributed by atoms with Crippen LogP contribution in [0, 0.1) is 0 Å². The Bertz CT molecular complexity index is 119. The van der Waals surface area contributed by atoms with Gasteiger partial charge in [-0.2, -0.15) is 0 Å². The minimum atomic E-state index is 1.12. The first-order chi connectivity index (χ1) is 4.30. The van der Waals surface area contributed by atoms with E-state index in [4.69, 9.17) is 0 Å². The zero-order valence-corrected chi connectivity index (χ0v) is 8.26. The maximum absolute atomic E-state index is 3.40. The normalized spacial score (nSPS) is 20.0. The molecular formula is C6H9Br2N. The molecule has 1 nitrogen and oxygen atoms in total. The number of piperidine rings is 1. The third kappa shape index (κ3) is 2.40. The number of rotatable bonds is 0. The van der Waals surface area contributed by atoms with E-state index < -0.39 is 0 Å². The van der Waals surface area contributed by atoms with Crippen LogP contribution in [0.4, 0.5) is 0 Å². The number of hydrogen-bond acceptors (Lipinski definition) is 1. The van der Waals surface area contributed by atoms with Gasteiger partial charge in [0.05, 0.1) is 3.39 Å². The van der Waals surface area contributed by atoms with E-state index in [1.54, 1.807) is 0 Å². The lowest BCUT2D eigenvalue weighted by molar-refractivity contribution is 0.611. The summed E-state index contributed by atoms with van der Waals surface area (Å²) in [5.41, 5.74) is 1.49. The highest BCUT2D eigenvalue weighted by Crippen LogP contribution is 2.24. The summed E-state index contributed by atoms with van der Waals surface area (Å²) in [4.78, 5) is 0. The Labute approximate surface area is 72.2 Å². The van der Waals surface area contributed by atoms with Crippen LogP contribution in [0.25, 0.3) is 0 Å². The Kier molecular flexibility index (Phi) is 3.22. The van der Waals surface area contributed by atoms with Crippen LogP contribution in [0.2, 0.25) is 0 Å². The SMILES string of the molecule is BrC(Br)=C1CCNCC1. The van der Waals surface area contributed by atoms with Crippen molar-refractivity contribution in [2.24, 2.45) is 0 Å². The van der Waals surface area contributed by atoms with E-state index in [0.717, 1.165) is 16.5 Å². The first-order valence-electron chi connectivity index (χ1n) is 3.04. The Morgan fingerprint density at radius 3 is 2.11 bits per heavy atom. The molecule has 0 aromatic carbocycles. The minimum Gasteiger partial charge on any atom is -0.316 e. The van der Waals surface area contributed by atoms with Crippen molar-refractivity contribution < 1.29 is 0 Å². The van der Waals surface area contributed by atoms with Crippen molar-refractivity contribution >= 4 is 31.9 Å². The molecule has 0 aliphatic carbocycles. The van der Waals surface area contributed by atoms with Gasteiger partial charge in [-0.1, -0.05) is 0 Å². The second kappa shape index (κ2) is 3.74. The molecule has 1 rings (SSSR count). The summed E-state index contributed by atoms with van der Waals surface area (Å²) in [7, 11) is 0. The van der Waals surface area contributed by atoms with Gasteiger partial charge in [-0.05, 0) is 63.4 Å². The smallest absolute Gasteiger partial charge is 0.0597 e. The van der Waals surface area contributed by atoms with Crippen molar-refractivity contribution in [3.63, 3.8) is 0 Å². The fraction of sp³-hybridized carbons (Fsp3) is 0.667. The average molecular weight is 255 g/mol. The molecule has 1 aliphatic rings. The van der Waals surface area contributed by atoms with E-state index in [1.165, 1.54) is 18.4 Å². The summed E-state index contributed by atoms with van der Waals surface area (Å²) in [6, 6.07) is 0. The third-order valence-corrected chi connectivity index (χ3v) is 2.60. The molecule has 52 valence electrons. The Hall–Kier alpha value is 0.660. The monoisotopic (exact) mass is 253 g/mol. The van der Waals surface area contributed by atoms with Gasteiger partial charge in [0, 0.05) is 0 Å². The van der Waals surface area contributed by atoms with Gasteiger partial charge in [0.15, 0.2) is 0 Å². The van der Waals surface area contributed by atoms with Crippen LogP contribution in [0.1, 0.15) is 12.8 Å². The first-order valence-corrected chi connectivity index (χ1v) is 4.63. The van der Waals surface area contributed by atoms with E-state index >= 15 is 0 Å². The fourth-order valence-electron chi connectivity index (χ4n) is 0.918. The number of hydrogen-bond donors (Lipinski definition) is 1. The lowest BCUT2D eigenvalue weighted by atomic mass is 10.1. The topological polar surface area (TPSA) is 12.0 Å². The van der Waals surface area contributed by atoms with Gasteiger partial charge >= 0.3 is 0 Å². The number of nitrogens with one attached hydrogen (secondary N) is 1. The Morgan fingerprint density at radius 1 is 1.22 bits per heavy atom. The molecule has 0 saturated carbocycles. The van der Waals surface area contributed by atoms with Gasteiger partial charge in [0.2, 0.25) is 0 Å². The molecular weight excluding hydrogens is 246 g/mol. The fourth-order valence-corrected chi connectivity index (χ4v) is 1.71. The third-order valence-electron chi connectivity index (χ3n) is 1.47. The molecule has 1 saturated heterocycles. The van der Waals surface area contributed by atoms with E-state index in [-0.39, 0.29) is 0 Å². The molecule has 0 unspecified atom stereocenters. The maximum Gasteiger partial charge on any atom is 0.0597 e. The Morgan fingerprint density at radius 2 is 1.78 bits per heavy atom. The van der Waals surface area contributed by atoms with Gasteiger partial charge in [-0.3, -0.25) is 0 Å². The molecule has 0 aromatic heterocycles. The van der Waals surface area contributed by atoms with Crippen molar-refractivity contribution in [1.82, 2.24) is 5.32 Å². The molecule has 1 aliphatic heterocycles. The standard InChI is InChI=1S/C6H9Br2N/c7-6(8)5-1-3-9-4-2-5/h9H,1-4H2. The summed E-state index contributed by atoms with van der Waals surface area (Å²) >= 11 is 6.81. The molecule has 0 radical (unpaired) electrons. The highest BCUT2D eigenvalue weighted by atomic mass is 79.9. The minimum absolute atomic E-state index is 1.12. The average Bonchev–Trinajstić information content (AvgIpc) is 1.90. The summed E-state index contributed by atoms with van der Waals surface area (Å²) in [5.74, 6) is 0. The summed E-state index contributed by atoms with van der Waals surface area (Å²) in [6.45, 7) is 2.24. The van der Waals surface area contributed by atoms with Gasteiger partial charge in [0.25, 0.3) is 0 Å². The predicted molar refractivity (Wildman–Crippen MR) is 47.0 cm³/mol. The van der Waals surface area contributed by atoms with Crippen LogP contribution < -0.4 is 5.32 Å². The van der Waals surface area contributed by atoms with Crippen LogP contribution in [-0.2, 0) is 0 Å². The van der Waals surface area contributed by atoms with Crippen molar-refractivity contribution in [2.45, 2.75) is 12.8 Å². The quantitative estimate of drug-likeness (QED) is 0.700. The van der Waals surface area contributed by atoms with Crippen LogP contribution in [0.15, 0.2) is 8.96 Å². The molecule has 0 spiro atoms. The maximum atomic E-state index is 3.40. The molecule has 1 N–H and O–H groups in total. The van der Waals surface area contributed by atoms with Crippen molar-refractivity contribution in [3.8, 4) is 0 Å². The molecule has 0 aromatic rings. The molecule has 0 atom stereocenters. The molecule has 1 fully saturated rings. The largest absolute Gasteiger partial charge is 0.316 e. The Balaban J connectivity index is 2.49. The molecule has 9 heavy (non-hydrogen) atoms. The van der Waals surface area contributed by atoms with Crippen molar-refractivity contribution in [1.29, 1.82) is 0 Å². The van der Waals surface area contributed by atoms with Crippen LogP contribution in [0.3, 0.4) is 0 Å². The second-order valence-corrected chi connectivity index (χ2v) is 4.76. The zero-order valence-electron chi connectivity index (χ0n) is 5.08. The lowest BCUT2D eigenvalue weighted by Crippen LogP contribution is -2.23. The predicted octanol–water partition coefficient (Wildman–Crippen LogP) is 2.37. The second-order valence-electron chi connectivity index (χ2n) is 2.11. The van der Waals surface area contributed by atoms with Gasteiger partial charge in [0.1, 0.15) is 0 Å². The highest BCUT2D eigenvalue weighted by Gasteiger charge is 2.06. The molecule has 3 heteroatoms. The lowest BCUT2D eigenvalue weighted by Gasteiger charge is -2.14. The van der Waals surface area contributed by atoms with Gasteiger partial charge < -0.3 is 5.32 Å². The van der Waals surface area contributed by atoms with Crippen molar-refractivity contribution in [3.05, 3.63) is 8.96 Å². The number of halogens is 2.